The summed E-state index contributed by atoms with van der Waals surface area (Å²) in [4.78, 5) is 4.58. The number of para-hydroxylation sites is 1. The molecule has 136 valence electrons. The van der Waals surface area contributed by atoms with Gasteiger partial charge in [-0.2, -0.15) is 4.98 Å². The predicted molar refractivity (Wildman–Crippen MR) is 101 cm³/mol. The van der Waals surface area contributed by atoms with Crippen LogP contribution in [0.15, 0.2) is 47.6 Å². The third kappa shape index (κ3) is 2.91. The molecule has 3 heterocycles. The molecule has 0 spiro atoms. The Labute approximate surface area is 160 Å². The highest BCUT2D eigenvalue weighted by atomic mass is 32.2. The summed E-state index contributed by atoms with van der Waals surface area (Å²) >= 11 is 1.53. The van der Waals surface area contributed by atoms with E-state index >= 15 is 0 Å². The highest BCUT2D eigenvalue weighted by Gasteiger charge is 2.27. The van der Waals surface area contributed by atoms with Crippen LogP contribution in [0.2, 0.25) is 0 Å². The molecule has 0 saturated heterocycles. The van der Waals surface area contributed by atoms with Gasteiger partial charge < -0.3 is 19.5 Å². The van der Waals surface area contributed by atoms with Crippen molar-refractivity contribution in [2.24, 2.45) is 0 Å². The van der Waals surface area contributed by atoms with Gasteiger partial charge in [-0.3, -0.25) is 0 Å². The number of thioether (sulfide) groups is 1. The van der Waals surface area contributed by atoms with Gasteiger partial charge in [0, 0.05) is 16.8 Å². The number of hydrogen-bond acceptors (Lipinski definition) is 8. The highest BCUT2D eigenvalue weighted by Crippen LogP contribution is 2.41. The first kappa shape index (κ1) is 16.2. The van der Waals surface area contributed by atoms with Crippen LogP contribution in [0.4, 0.5) is 5.69 Å². The number of hydrogen-bond donors (Lipinski definition) is 1. The molecule has 5 rings (SSSR count). The van der Waals surface area contributed by atoms with Crippen LogP contribution >= 0.6 is 11.8 Å². The van der Waals surface area contributed by atoms with E-state index in [0.29, 0.717) is 22.5 Å². The van der Waals surface area contributed by atoms with Gasteiger partial charge in [-0.15, -0.1) is 10.2 Å². The Hall–Kier alpha value is -3.00. The Balaban J connectivity index is 1.60. The largest absolute Gasteiger partial charge is 0.454 e. The first-order chi connectivity index (χ1) is 13.3. The fourth-order valence-corrected chi connectivity index (χ4v) is 3.57. The minimum atomic E-state index is -0.446. The van der Waals surface area contributed by atoms with Gasteiger partial charge >= 0.3 is 0 Å². The van der Waals surface area contributed by atoms with Gasteiger partial charge in [0.2, 0.25) is 17.8 Å². The molecule has 1 N–H and O–H groups in total. The summed E-state index contributed by atoms with van der Waals surface area (Å²) in [5, 5.41) is 12.6. The van der Waals surface area contributed by atoms with E-state index in [1.165, 1.54) is 11.8 Å². The molecule has 1 aromatic heterocycles. The zero-order valence-electron chi connectivity index (χ0n) is 14.5. The number of nitrogens with zero attached hydrogens (tertiary/aromatic N) is 3. The van der Waals surface area contributed by atoms with E-state index < -0.39 is 6.23 Å². The second kappa shape index (κ2) is 6.62. The van der Waals surface area contributed by atoms with Crippen LogP contribution in [0.3, 0.4) is 0 Å². The smallest absolute Gasteiger partial charge is 0.247 e. The number of ether oxygens (including phenoxy) is 3. The average molecular weight is 380 g/mol. The molecule has 0 bridgehead atoms. The van der Waals surface area contributed by atoms with Crippen molar-refractivity contribution in [2.75, 3.05) is 17.9 Å². The lowest BCUT2D eigenvalue weighted by atomic mass is 10.1. The lowest BCUT2D eigenvalue weighted by Crippen LogP contribution is -2.17. The van der Waals surface area contributed by atoms with Crippen molar-refractivity contribution >= 4 is 17.4 Å². The van der Waals surface area contributed by atoms with Gasteiger partial charge in [-0.05, 0) is 30.0 Å². The summed E-state index contributed by atoms with van der Waals surface area (Å²) in [5.74, 6) is 2.76. The molecule has 27 heavy (non-hydrogen) atoms. The second-order valence-corrected chi connectivity index (χ2v) is 7.21. The summed E-state index contributed by atoms with van der Waals surface area (Å²) in [6.07, 6.45) is -0.446. The van der Waals surface area contributed by atoms with Gasteiger partial charge in [-0.1, -0.05) is 36.9 Å². The van der Waals surface area contributed by atoms with Crippen molar-refractivity contribution in [3.63, 3.8) is 0 Å². The number of fused-ring (bicyclic) bond motifs is 4. The molecule has 0 fully saturated rings. The Bertz CT molecular complexity index is 1010. The zero-order chi connectivity index (χ0) is 18.2. The molecule has 2 aliphatic heterocycles. The molecule has 7 nitrogen and oxygen atoms in total. The Kier molecular flexibility index (Phi) is 3.97. The minimum absolute atomic E-state index is 0.234. The first-order valence-corrected chi connectivity index (χ1v) is 9.60. The van der Waals surface area contributed by atoms with Crippen LogP contribution in [0.1, 0.15) is 18.7 Å². The van der Waals surface area contributed by atoms with Crippen LogP contribution in [-0.2, 0) is 0 Å². The van der Waals surface area contributed by atoms with E-state index in [1.54, 1.807) is 0 Å². The fraction of sp³-hybridized carbons (Fsp3) is 0.211. The summed E-state index contributed by atoms with van der Waals surface area (Å²) in [5.41, 5.74) is 3.35. The van der Waals surface area contributed by atoms with E-state index in [0.717, 1.165) is 28.3 Å². The van der Waals surface area contributed by atoms with Crippen LogP contribution in [-0.4, -0.2) is 27.7 Å². The van der Waals surface area contributed by atoms with E-state index in [-0.39, 0.29) is 6.79 Å². The molecule has 2 aromatic carbocycles. The van der Waals surface area contributed by atoms with Crippen LogP contribution < -0.4 is 19.5 Å². The molecule has 0 aliphatic carbocycles. The lowest BCUT2D eigenvalue weighted by Gasteiger charge is -2.19. The van der Waals surface area contributed by atoms with Crippen molar-refractivity contribution in [1.82, 2.24) is 15.2 Å². The molecule has 3 aromatic rings. The number of nitrogens with one attached hydrogen (secondary N) is 1. The maximum atomic E-state index is 6.24. The molecular weight excluding hydrogens is 364 g/mol. The highest BCUT2D eigenvalue weighted by molar-refractivity contribution is 7.99. The fourth-order valence-electron chi connectivity index (χ4n) is 3.06. The second-order valence-electron chi connectivity index (χ2n) is 5.98. The van der Waals surface area contributed by atoms with Gasteiger partial charge in [0.15, 0.2) is 23.4 Å². The monoisotopic (exact) mass is 380 g/mol. The zero-order valence-corrected chi connectivity index (χ0v) is 15.3. The van der Waals surface area contributed by atoms with E-state index in [9.17, 15) is 0 Å². The van der Waals surface area contributed by atoms with Gasteiger partial charge in [-0.25, -0.2) is 0 Å². The molecule has 1 unspecified atom stereocenters. The third-order valence-electron chi connectivity index (χ3n) is 4.31. The minimum Gasteiger partial charge on any atom is -0.454 e. The summed E-state index contributed by atoms with van der Waals surface area (Å²) in [7, 11) is 0. The maximum Gasteiger partial charge on any atom is 0.247 e. The van der Waals surface area contributed by atoms with Gasteiger partial charge in [0.25, 0.3) is 0 Å². The van der Waals surface area contributed by atoms with Crippen LogP contribution in [0, 0.1) is 0 Å². The van der Waals surface area contributed by atoms with E-state index in [1.807, 2.05) is 49.4 Å². The van der Waals surface area contributed by atoms with Crippen molar-refractivity contribution in [2.45, 2.75) is 18.3 Å². The lowest BCUT2D eigenvalue weighted by molar-refractivity contribution is 0.173. The number of aromatic nitrogens is 3. The molecule has 0 amide bonds. The Morgan fingerprint density at radius 2 is 2.00 bits per heavy atom. The molecule has 8 heteroatoms. The summed E-state index contributed by atoms with van der Waals surface area (Å²) in [6, 6.07) is 13.7. The number of benzene rings is 2. The first-order valence-electron chi connectivity index (χ1n) is 8.61. The van der Waals surface area contributed by atoms with Crippen molar-refractivity contribution in [1.29, 1.82) is 0 Å². The molecule has 2 aliphatic rings. The van der Waals surface area contributed by atoms with E-state index in [4.69, 9.17) is 14.2 Å². The Morgan fingerprint density at radius 1 is 1.11 bits per heavy atom. The predicted octanol–water partition coefficient (Wildman–Crippen LogP) is 3.88. The average Bonchev–Trinajstić information content (AvgIpc) is 3.10. The van der Waals surface area contributed by atoms with Crippen molar-refractivity contribution in [3.8, 4) is 28.6 Å². The topological polar surface area (TPSA) is 78.4 Å². The molecule has 0 saturated carbocycles. The van der Waals surface area contributed by atoms with Crippen LogP contribution in [0.5, 0.6) is 17.4 Å². The SMILES string of the molecule is CCSc1nnc2c(n1)OC(c1ccc3c(c1)OCO3)Nc1ccccc1-2. The third-order valence-corrected chi connectivity index (χ3v) is 5.03. The summed E-state index contributed by atoms with van der Waals surface area (Å²) < 4.78 is 17.1. The van der Waals surface area contributed by atoms with Gasteiger partial charge in [0.1, 0.15) is 0 Å². The quantitative estimate of drug-likeness (QED) is 0.686. The molecule has 1 atom stereocenters. The van der Waals surface area contributed by atoms with Crippen molar-refractivity contribution < 1.29 is 14.2 Å². The number of rotatable bonds is 3. The van der Waals surface area contributed by atoms with E-state index in [2.05, 4.69) is 20.5 Å². The number of anilines is 1. The molecular formula is C19H16N4O3S. The normalized spacial score (nSPS) is 16.6. The van der Waals surface area contributed by atoms with Crippen LogP contribution in [0.25, 0.3) is 11.3 Å². The maximum absolute atomic E-state index is 6.24. The summed E-state index contributed by atoms with van der Waals surface area (Å²) in [6.45, 7) is 2.28. The standard InChI is InChI=1S/C19H16N4O3S/c1-2-27-19-21-18-16(22-23-19)12-5-3-4-6-13(12)20-17(26-18)11-7-8-14-15(9-11)25-10-24-14/h3-9,17,20H,2,10H2,1H3. The van der Waals surface area contributed by atoms with Crippen molar-refractivity contribution in [3.05, 3.63) is 48.0 Å². The molecule has 0 radical (unpaired) electrons. The van der Waals surface area contributed by atoms with Gasteiger partial charge in [0.05, 0.1) is 0 Å². The Morgan fingerprint density at radius 3 is 2.93 bits per heavy atom.